The number of rotatable bonds is 9. The second kappa shape index (κ2) is 9.93. The van der Waals surface area contributed by atoms with Gasteiger partial charge in [0.25, 0.3) is 5.91 Å². The summed E-state index contributed by atoms with van der Waals surface area (Å²) in [6.07, 6.45) is 4.81. The largest absolute Gasteiger partial charge is 0.397 e. The number of hydrogen-bond acceptors (Lipinski definition) is 5. The number of carbonyl (C=O) groups excluding carboxylic acids is 1. The quantitative estimate of drug-likeness (QED) is 0.360. The number of nitrogens with one attached hydrogen (secondary N) is 3. The minimum Gasteiger partial charge on any atom is -0.397 e. The van der Waals surface area contributed by atoms with Crippen LogP contribution in [-0.2, 0) is 10.0 Å². The molecule has 9 heteroatoms. The fraction of sp³-hybridized carbons (Fsp3) is 0.208. The van der Waals surface area contributed by atoms with E-state index in [0.717, 1.165) is 28.6 Å². The molecule has 0 aliphatic heterocycles. The number of benzene rings is 2. The number of aromatic amines is 1. The van der Waals surface area contributed by atoms with Crippen molar-refractivity contribution in [1.82, 2.24) is 14.6 Å². The average molecular weight is 468 g/mol. The van der Waals surface area contributed by atoms with Crippen molar-refractivity contribution < 1.29 is 13.2 Å². The molecule has 1 atom stereocenters. The summed E-state index contributed by atoms with van der Waals surface area (Å²) in [6.45, 7) is 4.25. The third-order valence-corrected chi connectivity index (χ3v) is 6.03. The van der Waals surface area contributed by atoms with Gasteiger partial charge in [-0.1, -0.05) is 24.8 Å². The number of likely N-dealkylation sites (N-methyl/N-ethyl adjacent to an activating group) is 1. The Morgan fingerprint density at radius 1 is 1.12 bits per heavy atom. The van der Waals surface area contributed by atoms with Crippen molar-refractivity contribution in [2.24, 2.45) is 0 Å². The van der Waals surface area contributed by atoms with Gasteiger partial charge in [-0.2, -0.15) is 0 Å². The first-order valence-corrected chi connectivity index (χ1v) is 12.2. The smallest absolute Gasteiger partial charge is 0.255 e. The van der Waals surface area contributed by atoms with E-state index in [0.29, 0.717) is 16.9 Å². The Labute approximate surface area is 194 Å². The summed E-state index contributed by atoms with van der Waals surface area (Å²) in [5.41, 5.74) is 11.0. The van der Waals surface area contributed by atoms with Gasteiger partial charge in [-0.05, 0) is 47.0 Å². The maximum atomic E-state index is 12.9. The van der Waals surface area contributed by atoms with Crippen LogP contribution in [-0.4, -0.2) is 51.1 Å². The van der Waals surface area contributed by atoms with Crippen molar-refractivity contribution in [3.05, 3.63) is 84.3 Å². The third kappa shape index (κ3) is 6.24. The highest BCUT2D eigenvalue weighted by atomic mass is 32.2. The van der Waals surface area contributed by atoms with E-state index >= 15 is 0 Å². The van der Waals surface area contributed by atoms with Crippen molar-refractivity contribution in [1.29, 1.82) is 0 Å². The van der Waals surface area contributed by atoms with Gasteiger partial charge in [-0.25, -0.2) is 13.1 Å². The Morgan fingerprint density at radius 2 is 1.82 bits per heavy atom. The van der Waals surface area contributed by atoms with Gasteiger partial charge in [0.2, 0.25) is 10.0 Å². The van der Waals surface area contributed by atoms with E-state index in [4.69, 9.17) is 5.73 Å². The number of carbonyl (C=O) groups is 1. The molecule has 174 valence electrons. The zero-order valence-corrected chi connectivity index (χ0v) is 19.7. The average Bonchev–Trinajstić information content (AvgIpc) is 3.29. The first-order chi connectivity index (χ1) is 15.5. The van der Waals surface area contributed by atoms with Crippen LogP contribution >= 0.6 is 0 Å². The Bertz CT molecular complexity index is 1230. The lowest BCUT2D eigenvalue weighted by Gasteiger charge is -2.26. The molecule has 3 aromatic rings. The first kappa shape index (κ1) is 24.1. The van der Waals surface area contributed by atoms with E-state index in [1.54, 1.807) is 30.3 Å². The van der Waals surface area contributed by atoms with E-state index < -0.39 is 10.0 Å². The molecule has 0 saturated heterocycles. The molecular weight excluding hydrogens is 438 g/mol. The predicted octanol–water partition coefficient (Wildman–Crippen LogP) is 3.22. The number of nitrogens with two attached hydrogens (primary N) is 1. The molecule has 0 radical (unpaired) electrons. The minimum atomic E-state index is -3.35. The highest BCUT2D eigenvalue weighted by Gasteiger charge is 2.19. The molecule has 3 rings (SSSR count). The molecular formula is C24H29N5O3S. The van der Waals surface area contributed by atoms with Crippen LogP contribution in [0.2, 0.25) is 0 Å². The van der Waals surface area contributed by atoms with Crippen molar-refractivity contribution in [3.63, 3.8) is 0 Å². The summed E-state index contributed by atoms with van der Waals surface area (Å²) in [5, 5.41) is 2.87. The topological polar surface area (TPSA) is 120 Å². The van der Waals surface area contributed by atoms with Gasteiger partial charge in [0.05, 0.1) is 17.6 Å². The Hall–Kier alpha value is -3.56. The van der Waals surface area contributed by atoms with Crippen LogP contribution in [0.5, 0.6) is 0 Å². The summed E-state index contributed by atoms with van der Waals surface area (Å²) in [5.74, 6) is -0.572. The fourth-order valence-electron chi connectivity index (χ4n) is 3.38. The molecule has 0 aliphatic rings. The van der Waals surface area contributed by atoms with E-state index in [2.05, 4.69) is 21.6 Å². The van der Waals surface area contributed by atoms with Crippen LogP contribution in [0.1, 0.15) is 21.8 Å². The van der Waals surface area contributed by atoms with Gasteiger partial charge < -0.3 is 20.9 Å². The molecule has 0 aliphatic carbocycles. The van der Waals surface area contributed by atoms with Crippen LogP contribution < -0.4 is 15.8 Å². The second-order valence-electron chi connectivity index (χ2n) is 8.04. The SMILES string of the molecule is C=C(C(CNS(C)(=O)=O)c1ccc(C(=O)Nc2cc(-c3cc[nH]c3)ccc2N)cc1)N(C)C. The van der Waals surface area contributed by atoms with Crippen molar-refractivity contribution >= 4 is 27.3 Å². The number of hydrogen-bond donors (Lipinski definition) is 4. The summed E-state index contributed by atoms with van der Waals surface area (Å²) in [6, 6.07) is 14.4. The second-order valence-corrected chi connectivity index (χ2v) is 9.87. The Balaban J connectivity index is 1.79. The summed E-state index contributed by atoms with van der Waals surface area (Å²) in [7, 11) is 0.347. The van der Waals surface area contributed by atoms with Crippen molar-refractivity contribution in [3.8, 4) is 11.1 Å². The van der Waals surface area contributed by atoms with Crippen molar-refractivity contribution in [2.45, 2.75) is 5.92 Å². The lowest BCUT2D eigenvalue weighted by molar-refractivity contribution is 0.102. The minimum absolute atomic E-state index is 0.171. The first-order valence-electron chi connectivity index (χ1n) is 10.3. The Kier molecular flexibility index (Phi) is 7.25. The maximum Gasteiger partial charge on any atom is 0.255 e. The van der Waals surface area contributed by atoms with Gasteiger partial charge in [0, 0.05) is 50.2 Å². The van der Waals surface area contributed by atoms with Crippen LogP contribution in [0.25, 0.3) is 11.1 Å². The van der Waals surface area contributed by atoms with Crippen LogP contribution in [0, 0.1) is 0 Å². The molecule has 5 N–H and O–H groups in total. The van der Waals surface area contributed by atoms with E-state index in [1.807, 2.05) is 49.6 Å². The highest BCUT2D eigenvalue weighted by molar-refractivity contribution is 7.88. The molecule has 0 fully saturated rings. The fourth-order valence-corrected chi connectivity index (χ4v) is 3.85. The molecule has 1 aromatic heterocycles. The summed E-state index contributed by atoms with van der Waals surface area (Å²) in [4.78, 5) is 17.7. The van der Waals surface area contributed by atoms with Gasteiger partial charge in [0.1, 0.15) is 0 Å². The monoisotopic (exact) mass is 467 g/mol. The predicted molar refractivity (Wildman–Crippen MR) is 133 cm³/mol. The molecule has 0 spiro atoms. The molecule has 1 amide bonds. The van der Waals surface area contributed by atoms with Crippen LogP contribution in [0.15, 0.2) is 73.2 Å². The maximum absolute atomic E-state index is 12.9. The summed E-state index contributed by atoms with van der Waals surface area (Å²) >= 11 is 0. The Morgan fingerprint density at radius 3 is 2.39 bits per heavy atom. The van der Waals surface area contributed by atoms with Crippen molar-refractivity contribution in [2.75, 3.05) is 37.9 Å². The molecule has 1 heterocycles. The molecule has 0 saturated carbocycles. The molecule has 8 nitrogen and oxygen atoms in total. The molecule has 2 aromatic carbocycles. The number of anilines is 2. The highest BCUT2D eigenvalue weighted by Crippen LogP contribution is 2.28. The van der Waals surface area contributed by atoms with E-state index in [-0.39, 0.29) is 18.4 Å². The number of amides is 1. The van der Waals surface area contributed by atoms with Crippen LogP contribution in [0.4, 0.5) is 11.4 Å². The zero-order valence-electron chi connectivity index (χ0n) is 18.9. The normalized spacial score (nSPS) is 12.2. The number of aromatic nitrogens is 1. The summed E-state index contributed by atoms with van der Waals surface area (Å²) < 4.78 is 25.7. The molecule has 0 bridgehead atoms. The number of nitrogens with zero attached hydrogens (tertiary/aromatic N) is 1. The molecule has 33 heavy (non-hydrogen) atoms. The standard InChI is InChI=1S/C24H29N5O3S/c1-16(29(2)3)21(15-27-33(4,31)32)17-5-7-18(8-6-17)24(30)28-23-13-19(9-10-22(23)25)20-11-12-26-14-20/h5-14,21,26-27H,1,15,25H2,2-4H3,(H,28,30). The van der Waals surface area contributed by atoms with Gasteiger partial charge in [-0.3, -0.25) is 4.79 Å². The van der Waals surface area contributed by atoms with Gasteiger partial charge in [-0.15, -0.1) is 0 Å². The third-order valence-electron chi connectivity index (χ3n) is 5.33. The zero-order chi connectivity index (χ0) is 24.2. The van der Waals surface area contributed by atoms with E-state index in [1.165, 1.54) is 0 Å². The van der Waals surface area contributed by atoms with E-state index in [9.17, 15) is 13.2 Å². The number of sulfonamides is 1. The van der Waals surface area contributed by atoms with Crippen LogP contribution in [0.3, 0.4) is 0 Å². The number of H-pyrrole nitrogens is 1. The number of nitrogen functional groups attached to an aromatic ring is 1. The van der Waals surface area contributed by atoms with Gasteiger partial charge >= 0.3 is 0 Å². The lowest BCUT2D eigenvalue weighted by Crippen LogP contribution is -2.31. The molecule has 1 unspecified atom stereocenters. The van der Waals surface area contributed by atoms with Gasteiger partial charge in [0.15, 0.2) is 0 Å². The lowest BCUT2D eigenvalue weighted by atomic mass is 9.94.